The summed E-state index contributed by atoms with van der Waals surface area (Å²) in [4.78, 5) is 23.5. The van der Waals surface area contributed by atoms with E-state index >= 15 is 0 Å². The molecule has 1 amide bonds. The first-order valence-electron chi connectivity index (χ1n) is 6.32. The fourth-order valence-corrected chi connectivity index (χ4v) is 2.25. The van der Waals surface area contributed by atoms with Crippen LogP contribution >= 0.6 is 11.8 Å². The number of thioether (sulfide) groups is 1. The highest BCUT2D eigenvalue weighted by atomic mass is 32.2. The molecule has 5 heteroatoms. The molecule has 0 atom stereocenters. The zero-order chi connectivity index (χ0) is 15.1. The summed E-state index contributed by atoms with van der Waals surface area (Å²) in [5.41, 5.74) is 0.996. The minimum Gasteiger partial charge on any atom is -0.459 e. The first-order chi connectivity index (χ1) is 9.51. The van der Waals surface area contributed by atoms with Gasteiger partial charge in [0.1, 0.15) is 6.29 Å². The molecule has 0 heterocycles. The van der Waals surface area contributed by atoms with Crippen molar-refractivity contribution < 1.29 is 14.3 Å². The number of rotatable bonds is 7. The number of aldehydes is 1. The summed E-state index contributed by atoms with van der Waals surface area (Å²) in [5.74, 6) is 0.944. The molecule has 0 bridgehead atoms. The molecule has 0 radical (unpaired) electrons. The fraction of sp³-hybridized carbons (Fsp3) is 0.333. The van der Waals surface area contributed by atoms with E-state index in [1.54, 1.807) is 19.1 Å². The number of amides is 1. The summed E-state index contributed by atoms with van der Waals surface area (Å²) in [6.07, 6.45) is 3.81. The van der Waals surface area contributed by atoms with E-state index in [1.165, 1.54) is 11.8 Å². The predicted molar refractivity (Wildman–Crippen MR) is 82.6 cm³/mol. The molecule has 0 aliphatic carbocycles. The van der Waals surface area contributed by atoms with Gasteiger partial charge in [0.15, 0.2) is 5.75 Å². The van der Waals surface area contributed by atoms with Crippen molar-refractivity contribution in [2.24, 2.45) is 0 Å². The third kappa shape index (κ3) is 4.42. The van der Waals surface area contributed by atoms with E-state index < -0.39 is 0 Å². The van der Waals surface area contributed by atoms with Gasteiger partial charge in [-0.15, -0.1) is 11.8 Å². The quantitative estimate of drug-likeness (QED) is 0.471. The molecular formula is C15H19NO3S. The number of carbonyl (C=O) groups excluding carboxylic acids is 2. The van der Waals surface area contributed by atoms with E-state index in [0.29, 0.717) is 29.2 Å². The Bertz CT molecular complexity index is 526. The summed E-state index contributed by atoms with van der Waals surface area (Å²) in [6.45, 7) is 7.37. The van der Waals surface area contributed by atoms with Crippen LogP contribution < -0.4 is 10.1 Å². The van der Waals surface area contributed by atoms with Gasteiger partial charge in [-0.05, 0) is 31.7 Å². The van der Waals surface area contributed by atoms with Crippen molar-refractivity contribution in [3.8, 4) is 5.75 Å². The molecule has 0 unspecified atom stereocenters. The molecule has 0 saturated heterocycles. The maximum atomic E-state index is 11.8. The molecule has 108 valence electrons. The van der Waals surface area contributed by atoms with Gasteiger partial charge in [-0.1, -0.05) is 13.5 Å². The number of hydrogen-bond donors (Lipinski definition) is 1. The number of allylic oxidation sites excluding steroid dienone is 1. The Labute approximate surface area is 123 Å². The summed E-state index contributed by atoms with van der Waals surface area (Å²) in [5, 5.41) is 2.79. The van der Waals surface area contributed by atoms with Crippen LogP contribution in [0.15, 0.2) is 29.4 Å². The second-order valence-electron chi connectivity index (χ2n) is 4.32. The summed E-state index contributed by atoms with van der Waals surface area (Å²) < 4.78 is 5.60. The van der Waals surface area contributed by atoms with Crippen LogP contribution in [0.5, 0.6) is 5.75 Å². The van der Waals surface area contributed by atoms with Crippen LogP contribution in [-0.4, -0.2) is 18.4 Å². The van der Waals surface area contributed by atoms with E-state index in [-0.39, 0.29) is 5.91 Å². The molecule has 0 aliphatic rings. The molecule has 0 aliphatic heterocycles. The minimum absolute atomic E-state index is 0.103. The topological polar surface area (TPSA) is 55.4 Å². The first kappa shape index (κ1) is 16.3. The smallest absolute Gasteiger partial charge is 0.224 e. The Morgan fingerprint density at radius 2 is 2.20 bits per heavy atom. The van der Waals surface area contributed by atoms with Crippen LogP contribution in [0.25, 0.3) is 0 Å². The van der Waals surface area contributed by atoms with Gasteiger partial charge in [0, 0.05) is 12.0 Å². The lowest BCUT2D eigenvalue weighted by Gasteiger charge is -2.16. The summed E-state index contributed by atoms with van der Waals surface area (Å²) >= 11 is 1.45. The molecule has 0 saturated carbocycles. The lowest BCUT2D eigenvalue weighted by atomic mass is 10.2. The number of nitrogens with one attached hydrogen (secondary N) is 1. The van der Waals surface area contributed by atoms with Crippen LogP contribution in [0.1, 0.15) is 37.0 Å². The molecule has 0 aromatic heterocycles. The Morgan fingerprint density at radius 1 is 1.50 bits per heavy atom. The Hall–Kier alpha value is -1.75. The molecule has 1 aromatic carbocycles. The van der Waals surface area contributed by atoms with Gasteiger partial charge in [0.25, 0.3) is 0 Å². The Balaban J connectivity index is 3.24. The monoisotopic (exact) mass is 293 g/mol. The number of hydrogen-bond acceptors (Lipinski definition) is 4. The highest BCUT2D eigenvalue weighted by molar-refractivity contribution is 7.98. The maximum Gasteiger partial charge on any atom is 0.224 e. The third-order valence-corrected chi connectivity index (χ3v) is 3.20. The third-order valence-electron chi connectivity index (χ3n) is 2.46. The van der Waals surface area contributed by atoms with Gasteiger partial charge in [0.05, 0.1) is 16.3 Å². The average Bonchev–Trinajstić information content (AvgIpc) is 2.40. The standard InChI is InChI=1S/C15H19NO3S/c1-5-6-14(18)16-12-7-11(9-17)8-13(20-4)15(12)19-10(2)3/h7-9H,2,5-6H2,1,3-4H3,(H,16,18). The van der Waals surface area contributed by atoms with Gasteiger partial charge >= 0.3 is 0 Å². The SMILES string of the molecule is C=C(C)Oc1c(NC(=O)CCC)cc(C=O)cc1SC. The van der Waals surface area contributed by atoms with Gasteiger partial charge in [-0.2, -0.15) is 0 Å². The van der Waals surface area contributed by atoms with Crippen molar-refractivity contribution in [2.75, 3.05) is 11.6 Å². The highest BCUT2D eigenvalue weighted by Crippen LogP contribution is 2.37. The second kappa shape index (κ2) is 7.75. The molecule has 0 fully saturated rings. The Morgan fingerprint density at radius 3 is 2.70 bits per heavy atom. The molecule has 1 rings (SSSR count). The van der Waals surface area contributed by atoms with Crippen LogP contribution in [-0.2, 0) is 4.79 Å². The maximum absolute atomic E-state index is 11.8. The van der Waals surface area contributed by atoms with E-state index in [9.17, 15) is 9.59 Å². The lowest BCUT2D eigenvalue weighted by Crippen LogP contribution is -2.12. The van der Waals surface area contributed by atoms with E-state index in [1.807, 2.05) is 13.2 Å². The van der Waals surface area contributed by atoms with Crippen molar-refractivity contribution in [1.29, 1.82) is 0 Å². The number of ether oxygens (including phenoxy) is 1. The predicted octanol–water partition coefficient (Wildman–Crippen LogP) is 3.87. The van der Waals surface area contributed by atoms with Crippen LogP contribution in [0, 0.1) is 0 Å². The lowest BCUT2D eigenvalue weighted by molar-refractivity contribution is -0.116. The molecular weight excluding hydrogens is 274 g/mol. The van der Waals surface area contributed by atoms with Gasteiger partial charge in [0.2, 0.25) is 5.91 Å². The molecule has 0 spiro atoms. The van der Waals surface area contributed by atoms with Crippen LogP contribution in [0.4, 0.5) is 5.69 Å². The Kier molecular flexibility index (Phi) is 6.31. The van der Waals surface area contributed by atoms with Crippen molar-refractivity contribution in [3.63, 3.8) is 0 Å². The largest absolute Gasteiger partial charge is 0.459 e. The fourth-order valence-electron chi connectivity index (χ4n) is 1.66. The van der Waals surface area contributed by atoms with Crippen LogP contribution in [0.3, 0.4) is 0 Å². The number of benzene rings is 1. The molecule has 4 nitrogen and oxygen atoms in total. The van der Waals surface area contributed by atoms with E-state index in [0.717, 1.165) is 17.6 Å². The molecule has 20 heavy (non-hydrogen) atoms. The molecule has 1 aromatic rings. The summed E-state index contributed by atoms with van der Waals surface area (Å²) in [6, 6.07) is 3.34. The van der Waals surface area contributed by atoms with Gasteiger partial charge < -0.3 is 10.1 Å². The normalized spacial score (nSPS) is 9.95. The van der Waals surface area contributed by atoms with Gasteiger partial charge in [-0.25, -0.2) is 0 Å². The zero-order valence-corrected chi connectivity index (χ0v) is 12.8. The van der Waals surface area contributed by atoms with E-state index in [2.05, 4.69) is 11.9 Å². The number of anilines is 1. The van der Waals surface area contributed by atoms with E-state index in [4.69, 9.17) is 4.74 Å². The van der Waals surface area contributed by atoms with Crippen molar-refractivity contribution >= 4 is 29.6 Å². The van der Waals surface area contributed by atoms with Crippen molar-refractivity contribution in [3.05, 3.63) is 30.0 Å². The summed E-state index contributed by atoms with van der Waals surface area (Å²) in [7, 11) is 0. The minimum atomic E-state index is -0.103. The first-order valence-corrected chi connectivity index (χ1v) is 7.54. The van der Waals surface area contributed by atoms with Crippen LogP contribution in [0.2, 0.25) is 0 Å². The highest BCUT2D eigenvalue weighted by Gasteiger charge is 2.14. The zero-order valence-electron chi connectivity index (χ0n) is 12.0. The average molecular weight is 293 g/mol. The van der Waals surface area contributed by atoms with Crippen molar-refractivity contribution in [2.45, 2.75) is 31.6 Å². The molecule has 1 N–H and O–H groups in total. The van der Waals surface area contributed by atoms with Crippen molar-refractivity contribution in [1.82, 2.24) is 0 Å². The van der Waals surface area contributed by atoms with Gasteiger partial charge in [-0.3, -0.25) is 9.59 Å². The number of carbonyl (C=O) groups is 2. The second-order valence-corrected chi connectivity index (χ2v) is 5.17.